The Labute approximate surface area is 352 Å². The SMILES string of the molecule is c1ccc(-c2ccc3c4ccc(-c5ccccc5)cc4n(-c4ccc5c(c4)c4ccccc4c4cccc(-c6nc(-c7ccccc7)nc(-c7ccccc7)n6)c45)c3c2)cc1. The van der Waals surface area contributed by atoms with Crippen LogP contribution < -0.4 is 0 Å². The largest absolute Gasteiger partial charge is 0.309 e. The maximum atomic E-state index is 5.20. The van der Waals surface area contributed by atoms with E-state index in [0.29, 0.717) is 17.5 Å². The van der Waals surface area contributed by atoms with Gasteiger partial charge in [-0.05, 0) is 73.5 Å². The Balaban J connectivity index is 1.14. The van der Waals surface area contributed by atoms with Crippen molar-refractivity contribution < 1.29 is 0 Å². The average Bonchev–Trinajstić information content (AvgIpc) is 3.67. The molecule has 0 atom stereocenters. The third-order valence-electron chi connectivity index (χ3n) is 12.0. The summed E-state index contributed by atoms with van der Waals surface area (Å²) in [5, 5.41) is 9.42. The van der Waals surface area contributed by atoms with Crippen LogP contribution in [0.15, 0.2) is 218 Å². The summed E-state index contributed by atoms with van der Waals surface area (Å²) in [6, 6.07) is 77.7. The van der Waals surface area contributed by atoms with Gasteiger partial charge in [-0.25, -0.2) is 15.0 Å². The van der Waals surface area contributed by atoms with Crippen molar-refractivity contribution in [3.8, 4) is 62.1 Å². The average molecular weight is 777 g/mol. The maximum absolute atomic E-state index is 5.20. The first-order valence-electron chi connectivity index (χ1n) is 20.7. The van der Waals surface area contributed by atoms with Gasteiger partial charge in [0.25, 0.3) is 0 Å². The number of nitrogens with zero attached hydrogens (tertiary/aromatic N) is 4. The lowest BCUT2D eigenvalue weighted by atomic mass is 9.91. The lowest BCUT2D eigenvalue weighted by Crippen LogP contribution is -2.01. The molecular formula is C57H36N4. The molecule has 284 valence electrons. The van der Waals surface area contributed by atoms with Crippen molar-refractivity contribution in [3.63, 3.8) is 0 Å². The van der Waals surface area contributed by atoms with Gasteiger partial charge in [0.2, 0.25) is 0 Å². The molecule has 12 aromatic rings. The second kappa shape index (κ2) is 14.3. The van der Waals surface area contributed by atoms with Crippen molar-refractivity contribution in [1.82, 2.24) is 19.5 Å². The van der Waals surface area contributed by atoms with E-state index in [4.69, 9.17) is 15.0 Å². The van der Waals surface area contributed by atoms with Crippen LogP contribution in [0, 0.1) is 0 Å². The summed E-state index contributed by atoms with van der Waals surface area (Å²) in [4.78, 5) is 15.4. The summed E-state index contributed by atoms with van der Waals surface area (Å²) < 4.78 is 2.46. The fourth-order valence-electron chi connectivity index (χ4n) is 9.16. The van der Waals surface area contributed by atoms with E-state index in [2.05, 4.69) is 187 Å². The molecule has 61 heavy (non-hydrogen) atoms. The Morgan fingerprint density at radius 2 is 0.689 bits per heavy atom. The summed E-state index contributed by atoms with van der Waals surface area (Å²) in [5.74, 6) is 1.93. The number of aromatic nitrogens is 4. The van der Waals surface area contributed by atoms with E-state index in [1.54, 1.807) is 0 Å². The highest BCUT2D eigenvalue weighted by Gasteiger charge is 2.20. The van der Waals surface area contributed by atoms with Gasteiger partial charge in [0.05, 0.1) is 11.0 Å². The molecule has 0 aliphatic carbocycles. The lowest BCUT2D eigenvalue weighted by molar-refractivity contribution is 1.08. The minimum atomic E-state index is 0.642. The van der Waals surface area contributed by atoms with E-state index < -0.39 is 0 Å². The molecule has 0 N–H and O–H groups in total. The molecule has 4 nitrogen and oxygen atoms in total. The van der Waals surface area contributed by atoms with Crippen LogP contribution in [-0.4, -0.2) is 19.5 Å². The summed E-state index contributed by atoms with van der Waals surface area (Å²) in [6.07, 6.45) is 0. The Morgan fingerprint density at radius 1 is 0.262 bits per heavy atom. The van der Waals surface area contributed by atoms with Crippen molar-refractivity contribution in [3.05, 3.63) is 218 Å². The highest BCUT2D eigenvalue weighted by atomic mass is 15.0. The van der Waals surface area contributed by atoms with Crippen LogP contribution in [0.1, 0.15) is 0 Å². The Kier molecular flexibility index (Phi) is 8.13. The Bertz CT molecular complexity index is 3460. The topological polar surface area (TPSA) is 43.6 Å². The van der Waals surface area contributed by atoms with Gasteiger partial charge in [-0.2, -0.15) is 0 Å². The zero-order valence-electron chi connectivity index (χ0n) is 33.1. The number of fused-ring (bicyclic) bond motifs is 9. The third-order valence-corrected chi connectivity index (χ3v) is 12.0. The van der Waals surface area contributed by atoms with Crippen LogP contribution in [0.3, 0.4) is 0 Å². The van der Waals surface area contributed by atoms with Gasteiger partial charge in [0.15, 0.2) is 17.5 Å². The fraction of sp³-hybridized carbons (Fsp3) is 0. The molecule has 2 aromatic heterocycles. The van der Waals surface area contributed by atoms with E-state index >= 15 is 0 Å². The molecule has 0 saturated carbocycles. The Morgan fingerprint density at radius 3 is 1.23 bits per heavy atom. The number of hydrogen-bond acceptors (Lipinski definition) is 3. The normalized spacial score (nSPS) is 11.6. The summed E-state index contributed by atoms with van der Waals surface area (Å²) in [6.45, 7) is 0. The van der Waals surface area contributed by atoms with Crippen LogP contribution in [-0.2, 0) is 0 Å². The van der Waals surface area contributed by atoms with E-state index in [-0.39, 0.29) is 0 Å². The molecule has 0 aliphatic rings. The zero-order chi connectivity index (χ0) is 40.3. The van der Waals surface area contributed by atoms with E-state index in [0.717, 1.165) is 38.5 Å². The van der Waals surface area contributed by atoms with Crippen LogP contribution in [0.5, 0.6) is 0 Å². The third kappa shape index (κ3) is 5.88. The first-order valence-corrected chi connectivity index (χ1v) is 20.7. The van der Waals surface area contributed by atoms with Gasteiger partial charge in [0.1, 0.15) is 0 Å². The lowest BCUT2D eigenvalue weighted by Gasteiger charge is -2.16. The van der Waals surface area contributed by atoms with Crippen molar-refractivity contribution in [2.75, 3.05) is 0 Å². The highest BCUT2D eigenvalue weighted by molar-refractivity contribution is 6.28. The number of hydrogen-bond donors (Lipinski definition) is 0. The van der Waals surface area contributed by atoms with Crippen LogP contribution in [0.2, 0.25) is 0 Å². The van der Waals surface area contributed by atoms with Crippen molar-refractivity contribution in [2.24, 2.45) is 0 Å². The minimum Gasteiger partial charge on any atom is -0.309 e. The van der Waals surface area contributed by atoms with Crippen molar-refractivity contribution in [2.45, 2.75) is 0 Å². The molecule has 0 radical (unpaired) electrons. The van der Waals surface area contributed by atoms with Gasteiger partial charge in [0, 0.05) is 38.5 Å². The smallest absolute Gasteiger partial charge is 0.164 e. The molecule has 0 fully saturated rings. The molecule has 0 amide bonds. The maximum Gasteiger partial charge on any atom is 0.164 e. The van der Waals surface area contributed by atoms with Crippen LogP contribution in [0.25, 0.3) is 116 Å². The second-order valence-corrected chi connectivity index (χ2v) is 15.6. The minimum absolute atomic E-state index is 0.642. The van der Waals surface area contributed by atoms with E-state index in [1.165, 1.54) is 60.2 Å². The standard InChI is InChI=1S/C57H36N4/c1-5-16-37(17-6-1)41-28-31-46-47-32-29-42(38-18-7-2-8-19-38)35-53(47)61(52(46)34-41)43-30-33-49-51(36-43)45-25-14-13-24-44(45)48-26-15-27-50(54(48)49)57-59-55(39-20-9-3-10-21-39)58-56(60-57)40-22-11-4-12-23-40/h1-36H. The summed E-state index contributed by atoms with van der Waals surface area (Å²) in [5.41, 5.74) is 11.0. The number of benzene rings is 10. The van der Waals surface area contributed by atoms with Gasteiger partial charge in [-0.1, -0.05) is 194 Å². The van der Waals surface area contributed by atoms with Crippen LogP contribution >= 0.6 is 0 Å². The predicted molar refractivity (Wildman–Crippen MR) is 254 cm³/mol. The summed E-state index contributed by atoms with van der Waals surface area (Å²) >= 11 is 0. The summed E-state index contributed by atoms with van der Waals surface area (Å²) in [7, 11) is 0. The zero-order valence-corrected chi connectivity index (χ0v) is 33.1. The first kappa shape index (κ1) is 34.8. The molecule has 4 heteroatoms. The molecule has 0 unspecified atom stereocenters. The molecule has 12 rings (SSSR count). The molecular weight excluding hydrogens is 741 g/mol. The molecule has 2 heterocycles. The fourth-order valence-corrected chi connectivity index (χ4v) is 9.16. The van der Waals surface area contributed by atoms with Crippen LogP contribution in [0.4, 0.5) is 0 Å². The van der Waals surface area contributed by atoms with Gasteiger partial charge in [-0.15, -0.1) is 0 Å². The molecule has 0 aliphatic heterocycles. The van der Waals surface area contributed by atoms with Crippen molar-refractivity contribution >= 4 is 54.1 Å². The highest BCUT2D eigenvalue weighted by Crippen LogP contribution is 2.43. The van der Waals surface area contributed by atoms with Gasteiger partial charge >= 0.3 is 0 Å². The van der Waals surface area contributed by atoms with E-state index in [9.17, 15) is 0 Å². The molecule has 0 bridgehead atoms. The molecule has 0 saturated heterocycles. The second-order valence-electron chi connectivity index (χ2n) is 15.6. The molecule has 0 spiro atoms. The first-order chi connectivity index (χ1) is 30.2. The van der Waals surface area contributed by atoms with E-state index in [1.807, 2.05) is 36.4 Å². The Hall–Kier alpha value is -8.21. The predicted octanol–water partition coefficient (Wildman–Crippen LogP) is 14.8. The molecule has 10 aromatic carbocycles. The van der Waals surface area contributed by atoms with Crippen molar-refractivity contribution in [1.29, 1.82) is 0 Å². The number of rotatable bonds is 6. The quantitative estimate of drug-likeness (QED) is 0.158. The van der Waals surface area contributed by atoms with Gasteiger partial charge in [-0.3, -0.25) is 0 Å². The van der Waals surface area contributed by atoms with Gasteiger partial charge < -0.3 is 4.57 Å². The monoisotopic (exact) mass is 776 g/mol.